The van der Waals surface area contributed by atoms with Gasteiger partial charge in [-0.1, -0.05) is 12.1 Å². The Bertz CT molecular complexity index is 686. The fourth-order valence-corrected chi connectivity index (χ4v) is 3.91. The summed E-state index contributed by atoms with van der Waals surface area (Å²) in [7, 11) is 1.66. The highest BCUT2D eigenvalue weighted by molar-refractivity contribution is 7.14. The molecule has 1 saturated heterocycles. The lowest BCUT2D eigenvalue weighted by atomic mass is 10.0. The maximum absolute atomic E-state index is 12.7. The number of amides is 1. The lowest BCUT2D eigenvalue weighted by Crippen LogP contribution is -2.42. The number of carbonyl (C=O) groups is 1. The summed E-state index contributed by atoms with van der Waals surface area (Å²) in [5.41, 5.74) is 8.15. The third-order valence-electron chi connectivity index (χ3n) is 4.36. The maximum Gasteiger partial charge on any atom is 0.263 e. The van der Waals surface area contributed by atoms with E-state index in [4.69, 9.17) is 10.5 Å². The van der Waals surface area contributed by atoms with E-state index in [1.54, 1.807) is 18.4 Å². The molecule has 2 N–H and O–H groups in total. The van der Waals surface area contributed by atoms with Gasteiger partial charge in [0.15, 0.2) is 0 Å². The van der Waals surface area contributed by atoms with Gasteiger partial charge in [0, 0.05) is 24.0 Å². The Morgan fingerprint density at radius 1 is 1.26 bits per heavy atom. The second kappa shape index (κ2) is 6.72. The number of carbonyl (C=O) groups excluding carboxylic acids is 1. The van der Waals surface area contributed by atoms with Crippen LogP contribution in [0.1, 0.15) is 27.4 Å². The van der Waals surface area contributed by atoms with Gasteiger partial charge in [-0.3, -0.25) is 4.79 Å². The molecule has 1 aliphatic rings. The molecule has 0 unspecified atom stereocenters. The Labute approximate surface area is 140 Å². The quantitative estimate of drug-likeness (QED) is 0.939. The van der Waals surface area contributed by atoms with Gasteiger partial charge in [0.25, 0.3) is 5.91 Å². The zero-order valence-electron chi connectivity index (χ0n) is 13.5. The highest BCUT2D eigenvalue weighted by Gasteiger charge is 2.23. The molecule has 0 spiro atoms. The standard InChI is InChI=1S/C18H22N2O2S/c1-12-16(13-3-5-15(22-2)6-4-13)11-17(23-12)18(21)20-9-7-14(19)8-10-20/h3-6,11,14H,7-10,19H2,1-2H3. The Kier molecular flexibility index (Phi) is 4.68. The number of methoxy groups -OCH3 is 1. The molecule has 2 aromatic rings. The van der Waals surface area contributed by atoms with E-state index in [0.29, 0.717) is 0 Å². The van der Waals surface area contributed by atoms with Crippen LogP contribution in [0.15, 0.2) is 30.3 Å². The number of hydrogen-bond donors (Lipinski definition) is 1. The number of hydrogen-bond acceptors (Lipinski definition) is 4. The molecule has 1 aromatic carbocycles. The number of benzene rings is 1. The van der Waals surface area contributed by atoms with Crippen molar-refractivity contribution in [3.05, 3.63) is 40.1 Å². The van der Waals surface area contributed by atoms with Crippen LogP contribution < -0.4 is 10.5 Å². The van der Waals surface area contributed by atoms with E-state index in [0.717, 1.165) is 52.6 Å². The number of nitrogens with two attached hydrogens (primary N) is 1. The largest absolute Gasteiger partial charge is 0.497 e. The van der Waals surface area contributed by atoms with Crippen molar-refractivity contribution < 1.29 is 9.53 Å². The minimum atomic E-state index is 0.129. The number of piperidine rings is 1. The smallest absolute Gasteiger partial charge is 0.263 e. The summed E-state index contributed by atoms with van der Waals surface area (Å²) in [6, 6.07) is 10.2. The molecule has 0 bridgehead atoms. The average Bonchev–Trinajstić information content (AvgIpc) is 2.97. The molecule has 1 aromatic heterocycles. The second-order valence-electron chi connectivity index (χ2n) is 5.94. The lowest BCUT2D eigenvalue weighted by molar-refractivity contribution is 0.0719. The molecule has 1 fully saturated rings. The van der Waals surface area contributed by atoms with Crippen LogP contribution >= 0.6 is 11.3 Å². The number of likely N-dealkylation sites (tertiary alicyclic amines) is 1. The molecule has 0 radical (unpaired) electrons. The summed E-state index contributed by atoms with van der Waals surface area (Å²) in [5.74, 6) is 0.965. The Hall–Kier alpha value is -1.85. The summed E-state index contributed by atoms with van der Waals surface area (Å²) in [4.78, 5) is 16.6. The van der Waals surface area contributed by atoms with E-state index < -0.39 is 0 Å². The van der Waals surface area contributed by atoms with Gasteiger partial charge in [-0.15, -0.1) is 11.3 Å². The molecule has 0 saturated carbocycles. The van der Waals surface area contributed by atoms with Crippen LogP contribution in [0.4, 0.5) is 0 Å². The van der Waals surface area contributed by atoms with Crippen LogP contribution in [-0.2, 0) is 0 Å². The molecular weight excluding hydrogens is 308 g/mol. The van der Waals surface area contributed by atoms with Crippen LogP contribution in [-0.4, -0.2) is 37.0 Å². The molecule has 1 aliphatic heterocycles. The number of ether oxygens (including phenoxy) is 1. The predicted molar refractivity (Wildman–Crippen MR) is 94.2 cm³/mol. The zero-order chi connectivity index (χ0) is 16.4. The highest BCUT2D eigenvalue weighted by Crippen LogP contribution is 2.33. The van der Waals surface area contributed by atoms with E-state index in [1.807, 2.05) is 35.2 Å². The van der Waals surface area contributed by atoms with Crippen LogP contribution in [0.2, 0.25) is 0 Å². The number of aryl methyl sites for hydroxylation is 1. The third-order valence-corrected chi connectivity index (χ3v) is 5.39. The van der Waals surface area contributed by atoms with Gasteiger partial charge in [0.05, 0.1) is 12.0 Å². The zero-order valence-corrected chi connectivity index (χ0v) is 14.4. The molecule has 5 heteroatoms. The SMILES string of the molecule is COc1ccc(-c2cc(C(=O)N3CCC(N)CC3)sc2C)cc1. The molecule has 122 valence electrons. The first-order valence-electron chi connectivity index (χ1n) is 7.88. The van der Waals surface area contributed by atoms with E-state index in [9.17, 15) is 4.79 Å². The van der Waals surface area contributed by atoms with Crippen LogP contribution in [0.5, 0.6) is 5.75 Å². The molecule has 3 rings (SSSR count). The van der Waals surface area contributed by atoms with E-state index in [1.165, 1.54) is 0 Å². The fourth-order valence-electron chi connectivity index (χ4n) is 2.90. The molecule has 0 atom stereocenters. The van der Waals surface area contributed by atoms with Gasteiger partial charge in [-0.25, -0.2) is 0 Å². The van der Waals surface area contributed by atoms with E-state index in [2.05, 4.69) is 6.92 Å². The van der Waals surface area contributed by atoms with Gasteiger partial charge < -0.3 is 15.4 Å². The minimum Gasteiger partial charge on any atom is -0.497 e. The highest BCUT2D eigenvalue weighted by atomic mass is 32.1. The van der Waals surface area contributed by atoms with E-state index in [-0.39, 0.29) is 11.9 Å². The molecule has 2 heterocycles. The summed E-state index contributed by atoms with van der Waals surface area (Å²) >= 11 is 1.57. The van der Waals surface area contributed by atoms with Crippen LogP contribution in [0.25, 0.3) is 11.1 Å². The monoisotopic (exact) mass is 330 g/mol. The van der Waals surface area contributed by atoms with Gasteiger partial charge in [-0.05, 0) is 49.1 Å². The van der Waals surface area contributed by atoms with Crippen LogP contribution in [0, 0.1) is 6.92 Å². The lowest BCUT2D eigenvalue weighted by Gasteiger charge is -2.29. The molecule has 4 nitrogen and oxygen atoms in total. The minimum absolute atomic E-state index is 0.129. The van der Waals surface area contributed by atoms with Crippen molar-refractivity contribution >= 4 is 17.2 Å². The third kappa shape index (κ3) is 3.41. The maximum atomic E-state index is 12.7. The second-order valence-corrected chi connectivity index (χ2v) is 7.19. The first kappa shape index (κ1) is 16.0. The topological polar surface area (TPSA) is 55.6 Å². The van der Waals surface area contributed by atoms with E-state index >= 15 is 0 Å². The Balaban J connectivity index is 1.81. The number of nitrogens with zero attached hydrogens (tertiary/aromatic N) is 1. The van der Waals surface area contributed by atoms with Gasteiger partial charge in [0.2, 0.25) is 0 Å². The van der Waals surface area contributed by atoms with Crippen molar-refractivity contribution in [1.82, 2.24) is 4.90 Å². The van der Waals surface area contributed by atoms with Crippen molar-refractivity contribution in [3.8, 4) is 16.9 Å². The molecule has 0 aliphatic carbocycles. The first-order valence-corrected chi connectivity index (χ1v) is 8.70. The van der Waals surface area contributed by atoms with Crippen molar-refractivity contribution in [2.75, 3.05) is 20.2 Å². The summed E-state index contributed by atoms with van der Waals surface area (Å²) in [6.45, 7) is 3.58. The normalized spacial score (nSPS) is 15.7. The summed E-state index contributed by atoms with van der Waals surface area (Å²) < 4.78 is 5.20. The average molecular weight is 330 g/mol. The van der Waals surface area contributed by atoms with Gasteiger partial charge in [0.1, 0.15) is 5.75 Å². The van der Waals surface area contributed by atoms with Crippen molar-refractivity contribution in [2.24, 2.45) is 5.73 Å². The Morgan fingerprint density at radius 3 is 2.52 bits per heavy atom. The van der Waals surface area contributed by atoms with Gasteiger partial charge >= 0.3 is 0 Å². The molecule has 1 amide bonds. The van der Waals surface area contributed by atoms with Crippen molar-refractivity contribution in [3.63, 3.8) is 0 Å². The summed E-state index contributed by atoms with van der Waals surface area (Å²) in [5, 5.41) is 0. The fraction of sp³-hybridized carbons (Fsp3) is 0.389. The van der Waals surface area contributed by atoms with Crippen molar-refractivity contribution in [2.45, 2.75) is 25.8 Å². The van der Waals surface area contributed by atoms with Gasteiger partial charge in [-0.2, -0.15) is 0 Å². The van der Waals surface area contributed by atoms with Crippen molar-refractivity contribution in [1.29, 1.82) is 0 Å². The first-order chi connectivity index (χ1) is 11.1. The summed E-state index contributed by atoms with van der Waals surface area (Å²) in [6.07, 6.45) is 1.78. The number of rotatable bonds is 3. The Morgan fingerprint density at radius 2 is 1.91 bits per heavy atom. The van der Waals surface area contributed by atoms with Crippen LogP contribution in [0.3, 0.4) is 0 Å². The number of thiophene rings is 1. The molecule has 23 heavy (non-hydrogen) atoms. The molecular formula is C18H22N2O2S. The predicted octanol–water partition coefficient (Wildman–Crippen LogP) is 3.30.